The molecule has 5 heteroatoms. The van der Waals surface area contributed by atoms with Crippen molar-refractivity contribution in [3.63, 3.8) is 0 Å². The molecular weight excluding hydrogens is 583 g/mol. The van der Waals surface area contributed by atoms with E-state index in [0.717, 1.165) is 38.6 Å². The monoisotopic (exact) mass is 605 g/mol. The first-order valence-electron chi connectivity index (χ1n) is 15.3. The lowest BCUT2D eigenvalue weighted by Crippen LogP contribution is -2.00. The van der Waals surface area contributed by atoms with Crippen LogP contribution in [0, 0.1) is 0 Å². The molecule has 46 heavy (non-hydrogen) atoms. The van der Waals surface area contributed by atoms with Gasteiger partial charge in [0.15, 0.2) is 17.5 Å². The number of hydrogen-bond acceptors (Lipinski definition) is 5. The summed E-state index contributed by atoms with van der Waals surface area (Å²) in [5.41, 5.74) is 4.52. The standard InChI is InChI=1S/C41H23N3OS/c1-2-8-26(9-3-1)39-42-40(44-41(43-39)28-19-21-35-33(23-28)29-10-4-6-12-34(29)45-35)27-17-15-24-14-16-25-18-20-31-30-11-5-7-13-36(30)46-38(31)37(25)32(24)22-27/h1-23H. The van der Waals surface area contributed by atoms with Crippen molar-refractivity contribution in [1.82, 2.24) is 15.0 Å². The van der Waals surface area contributed by atoms with E-state index >= 15 is 0 Å². The zero-order chi connectivity index (χ0) is 30.2. The second kappa shape index (κ2) is 9.80. The Balaban J connectivity index is 1.22. The summed E-state index contributed by atoms with van der Waals surface area (Å²) in [6.07, 6.45) is 0. The molecule has 214 valence electrons. The number of rotatable bonds is 3. The van der Waals surface area contributed by atoms with Crippen LogP contribution in [0.1, 0.15) is 0 Å². The van der Waals surface area contributed by atoms with Gasteiger partial charge in [-0.15, -0.1) is 11.3 Å². The molecule has 0 bridgehead atoms. The molecule has 0 saturated carbocycles. The van der Waals surface area contributed by atoms with E-state index in [-0.39, 0.29) is 0 Å². The molecule has 0 spiro atoms. The minimum Gasteiger partial charge on any atom is -0.456 e. The fourth-order valence-electron chi connectivity index (χ4n) is 6.67. The lowest BCUT2D eigenvalue weighted by Gasteiger charge is -2.10. The molecule has 10 rings (SSSR count). The summed E-state index contributed by atoms with van der Waals surface area (Å²) in [6, 6.07) is 48.6. The van der Waals surface area contributed by atoms with Crippen molar-refractivity contribution < 1.29 is 4.42 Å². The molecule has 0 aliphatic heterocycles. The van der Waals surface area contributed by atoms with E-state index in [2.05, 4.69) is 78.9 Å². The molecule has 3 heterocycles. The highest BCUT2D eigenvalue weighted by molar-refractivity contribution is 7.26. The number of fused-ring (bicyclic) bond motifs is 10. The Morgan fingerprint density at radius 3 is 1.87 bits per heavy atom. The molecule has 7 aromatic carbocycles. The molecule has 0 fully saturated rings. The topological polar surface area (TPSA) is 51.8 Å². The van der Waals surface area contributed by atoms with Crippen LogP contribution >= 0.6 is 11.3 Å². The zero-order valence-corrected chi connectivity index (χ0v) is 25.3. The molecule has 0 N–H and O–H groups in total. The van der Waals surface area contributed by atoms with E-state index < -0.39 is 0 Å². The number of furan rings is 1. The van der Waals surface area contributed by atoms with Crippen LogP contribution in [-0.2, 0) is 0 Å². The number of para-hydroxylation sites is 1. The molecule has 3 aromatic heterocycles. The van der Waals surface area contributed by atoms with Crippen molar-refractivity contribution >= 4 is 75.0 Å². The predicted octanol–water partition coefficient (Wildman–Crippen LogP) is 11.4. The zero-order valence-electron chi connectivity index (χ0n) is 24.4. The smallest absolute Gasteiger partial charge is 0.164 e. The first-order chi connectivity index (χ1) is 22.8. The van der Waals surface area contributed by atoms with Crippen LogP contribution in [-0.4, -0.2) is 15.0 Å². The molecule has 0 radical (unpaired) electrons. The minimum atomic E-state index is 0.626. The fraction of sp³-hybridized carbons (Fsp3) is 0. The molecule has 0 atom stereocenters. The van der Waals surface area contributed by atoms with Gasteiger partial charge in [-0.3, -0.25) is 0 Å². The molecular formula is C41H23N3OS. The largest absolute Gasteiger partial charge is 0.456 e. The van der Waals surface area contributed by atoms with Crippen LogP contribution in [0.2, 0.25) is 0 Å². The Morgan fingerprint density at radius 2 is 1.02 bits per heavy atom. The molecule has 0 aliphatic carbocycles. The maximum atomic E-state index is 6.10. The highest BCUT2D eigenvalue weighted by Gasteiger charge is 2.16. The van der Waals surface area contributed by atoms with E-state index in [0.29, 0.717) is 17.5 Å². The van der Waals surface area contributed by atoms with Crippen molar-refractivity contribution in [2.45, 2.75) is 0 Å². The molecule has 10 aromatic rings. The van der Waals surface area contributed by atoms with Gasteiger partial charge in [-0.25, -0.2) is 15.0 Å². The van der Waals surface area contributed by atoms with Gasteiger partial charge in [-0.05, 0) is 52.6 Å². The van der Waals surface area contributed by atoms with Gasteiger partial charge in [0.1, 0.15) is 11.2 Å². The number of benzene rings is 7. The van der Waals surface area contributed by atoms with Crippen LogP contribution < -0.4 is 0 Å². The van der Waals surface area contributed by atoms with Gasteiger partial charge in [0.25, 0.3) is 0 Å². The van der Waals surface area contributed by atoms with Crippen molar-refractivity contribution in [2.24, 2.45) is 0 Å². The van der Waals surface area contributed by atoms with Gasteiger partial charge in [0.2, 0.25) is 0 Å². The van der Waals surface area contributed by atoms with Crippen molar-refractivity contribution in [3.05, 3.63) is 140 Å². The second-order valence-corrected chi connectivity index (χ2v) is 12.7. The summed E-state index contributed by atoms with van der Waals surface area (Å²) in [7, 11) is 0. The second-order valence-electron chi connectivity index (χ2n) is 11.6. The van der Waals surface area contributed by atoms with Crippen LogP contribution in [0.25, 0.3) is 97.8 Å². The lowest BCUT2D eigenvalue weighted by atomic mass is 9.98. The van der Waals surface area contributed by atoms with E-state index in [1.165, 1.54) is 41.7 Å². The van der Waals surface area contributed by atoms with Crippen molar-refractivity contribution in [3.8, 4) is 34.2 Å². The first-order valence-corrected chi connectivity index (χ1v) is 16.1. The van der Waals surface area contributed by atoms with Crippen molar-refractivity contribution in [1.29, 1.82) is 0 Å². The maximum absolute atomic E-state index is 6.10. The van der Waals surface area contributed by atoms with E-state index in [9.17, 15) is 0 Å². The van der Waals surface area contributed by atoms with Gasteiger partial charge in [0, 0.05) is 53.0 Å². The molecule has 4 nitrogen and oxygen atoms in total. The highest BCUT2D eigenvalue weighted by Crippen LogP contribution is 2.42. The van der Waals surface area contributed by atoms with Gasteiger partial charge in [-0.1, -0.05) is 103 Å². The fourth-order valence-corrected chi connectivity index (χ4v) is 7.95. The quantitative estimate of drug-likeness (QED) is 0.188. The van der Waals surface area contributed by atoms with Crippen LogP contribution in [0.5, 0.6) is 0 Å². The predicted molar refractivity (Wildman–Crippen MR) is 191 cm³/mol. The van der Waals surface area contributed by atoms with Crippen molar-refractivity contribution in [2.75, 3.05) is 0 Å². The van der Waals surface area contributed by atoms with Crippen LogP contribution in [0.4, 0.5) is 0 Å². The summed E-state index contributed by atoms with van der Waals surface area (Å²) in [5.74, 6) is 1.91. The average Bonchev–Trinajstić information content (AvgIpc) is 3.69. The van der Waals surface area contributed by atoms with Gasteiger partial charge >= 0.3 is 0 Å². The van der Waals surface area contributed by atoms with Crippen LogP contribution in [0.3, 0.4) is 0 Å². The van der Waals surface area contributed by atoms with Gasteiger partial charge < -0.3 is 4.42 Å². The number of hydrogen-bond donors (Lipinski definition) is 0. The van der Waals surface area contributed by atoms with E-state index in [4.69, 9.17) is 19.4 Å². The Bertz CT molecular complexity index is 2820. The Morgan fingerprint density at radius 1 is 0.413 bits per heavy atom. The minimum absolute atomic E-state index is 0.626. The highest BCUT2D eigenvalue weighted by atomic mass is 32.1. The average molecular weight is 606 g/mol. The summed E-state index contributed by atoms with van der Waals surface area (Å²) in [6.45, 7) is 0. The molecule has 0 amide bonds. The Labute approximate surface area is 267 Å². The number of nitrogens with zero attached hydrogens (tertiary/aromatic N) is 3. The summed E-state index contributed by atoms with van der Waals surface area (Å²) >= 11 is 1.86. The third-order valence-corrected chi connectivity index (χ3v) is 10.1. The summed E-state index contributed by atoms with van der Waals surface area (Å²) < 4.78 is 8.71. The Hall–Kier alpha value is -5.91. The summed E-state index contributed by atoms with van der Waals surface area (Å²) in [5, 5.41) is 9.60. The third kappa shape index (κ3) is 3.89. The molecule has 0 unspecified atom stereocenters. The summed E-state index contributed by atoms with van der Waals surface area (Å²) in [4.78, 5) is 15.1. The number of thiophene rings is 1. The normalized spacial score (nSPS) is 11.9. The number of aromatic nitrogens is 3. The van der Waals surface area contributed by atoms with Gasteiger partial charge in [-0.2, -0.15) is 0 Å². The SMILES string of the molecule is c1ccc(-c2nc(-c3ccc4oc5ccccc5c4c3)nc(-c3ccc4ccc5ccc6c7ccccc7sc6c5c4c3)n2)cc1. The third-order valence-electron chi connectivity index (χ3n) is 8.90. The molecule has 0 saturated heterocycles. The van der Waals surface area contributed by atoms with E-state index in [1.807, 2.05) is 72.0 Å². The van der Waals surface area contributed by atoms with E-state index in [1.54, 1.807) is 0 Å². The Kier molecular flexibility index (Phi) is 5.41. The van der Waals surface area contributed by atoms with Crippen LogP contribution in [0.15, 0.2) is 144 Å². The first kappa shape index (κ1) is 25.4. The lowest BCUT2D eigenvalue weighted by molar-refractivity contribution is 0.669. The molecule has 0 aliphatic rings. The van der Waals surface area contributed by atoms with Gasteiger partial charge in [0.05, 0.1) is 0 Å². The maximum Gasteiger partial charge on any atom is 0.164 e.